The van der Waals surface area contributed by atoms with Crippen LogP contribution in [0, 0.1) is 0 Å². The van der Waals surface area contributed by atoms with Crippen LogP contribution in [0.15, 0.2) is 38.9 Å². The second kappa shape index (κ2) is 8.07. The zero-order valence-electron chi connectivity index (χ0n) is 15.7. The summed E-state index contributed by atoms with van der Waals surface area (Å²) in [4.78, 5) is 24.3. The average Bonchev–Trinajstić information content (AvgIpc) is 3.02. The molecular formula is C20H19BrN2O2S3. The van der Waals surface area contributed by atoms with Crippen LogP contribution in [-0.2, 0) is 17.8 Å². The van der Waals surface area contributed by atoms with E-state index in [1.165, 1.54) is 34.0 Å². The summed E-state index contributed by atoms with van der Waals surface area (Å²) < 4.78 is 6.94. The van der Waals surface area contributed by atoms with Crippen molar-refractivity contribution in [1.29, 1.82) is 0 Å². The molecule has 0 unspecified atom stereocenters. The third-order valence-corrected chi connectivity index (χ3v) is 7.72. The molecule has 0 fully saturated rings. The van der Waals surface area contributed by atoms with Crippen molar-refractivity contribution < 1.29 is 9.53 Å². The van der Waals surface area contributed by atoms with Gasteiger partial charge in [-0.2, -0.15) is 0 Å². The van der Waals surface area contributed by atoms with Crippen LogP contribution in [-0.4, -0.2) is 33.4 Å². The summed E-state index contributed by atoms with van der Waals surface area (Å²) in [5, 5.41) is 2.74. The molecule has 8 heteroatoms. The first-order chi connectivity index (χ1) is 13.4. The van der Waals surface area contributed by atoms with Gasteiger partial charge in [0.1, 0.15) is 9.86 Å². The second-order valence-corrected chi connectivity index (χ2v) is 10.9. The predicted octanol–water partition coefficient (Wildman–Crippen LogP) is 6.00. The number of hydrogen-bond donors (Lipinski definition) is 0. The molecule has 0 N–H and O–H groups in total. The maximum atomic E-state index is 12.6. The van der Waals surface area contributed by atoms with Gasteiger partial charge in [0.05, 0.1) is 18.0 Å². The predicted molar refractivity (Wildman–Crippen MR) is 121 cm³/mol. The van der Waals surface area contributed by atoms with Gasteiger partial charge >= 0.3 is 0 Å². The summed E-state index contributed by atoms with van der Waals surface area (Å²) in [5.41, 5.74) is 1.80. The van der Waals surface area contributed by atoms with Crippen molar-refractivity contribution in [1.82, 2.24) is 9.97 Å². The van der Waals surface area contributed by atoms with Crippen LogP contribution in [0.4, 0.5) is 0 Å². The first kappa shape index (κ1) is 20.3. The summed E-state index contributed by atoms with van der Waals surface area (Å²) in [6.07, 6.45) is 2.81. The third kappa shape index (κ3) is 4.16. The number of hydrogen-bond acceptors (Lipinski definition) is 7. The molecule has 3 heterocycles. The fraction of sp³-hybridized carbons (Fsp3) is 0.350. The Kier molecular flexibility index (Phi) is 5.86. The van der Waals surface area contributed by atoms with E-state index in [1.54, 1.807) is 11.3 Å². The number of thioether (sulfide) groups is 2. The molecule has 1 aromatic carbocycles. The van der Waals surface area contributed by atoms with Crippen LogP contribution in [0.25, 0.3) is 10.2 Å². The molecule has 146 valence electrons. The highest BCUT2D eigenvalue weighted by molar-refractivity contribution is 9.10. The number of ether oxygens (including phenoxy) is 1. The van der Waals surface area contributed by atoms with E-state index in [2.05, 4.69) is 29.8 Å². The Balaban J connectivity index is 1.68. The number of Topliss-reactive ketones (excluding diaryl/α,β-unsaturated/α-hetero) is 1. The van der Waals surface area contributed by atoms with Crippen LogP contribution in [0.1, 0.15) is 34.6 Å². The molecule has 4 rings (SSSR count). The van der Waals surface area contributed by atoms with E-state index in [0.29, 0.717) is 17.9 Å². The first-order valence-electron chi connectivity index (χ1n) is 8.78. The van der Waals surface area contributed by atoms with Crippen LogP contribution >= 0.6 is 50.8 Å². The number of nitrogens with zero attached hydrogens (tertiary/aromatic N) is 2. The molecule has 1 aliphatic rings. The minimum absolute atomic E-state index is 0.0997. The first-order valence-corrected chi connectivity index (χ1v) is 12.6. The quantitative estimate of drug-likeness (QED) is 0.187. The minimum atomic E-state index is -0.200. The van der Waals surface area contributed by atoms with Crippen LogP contribution in [0.5, 0.6) is 0 Å². The van der Waals surface area contributed by atoms with Gasteiger partial charge in [-0.1, -0.05) is 51.6 Å². The summed E-state index contributed by atoms with van der Waals surface area (Å²) in [7, 11) is 0. The van der Waals surface area contributed by atoms with Crippen molar-refractivity contribution in [3.63, 3.8) is 0 Å². The van der Waals surface area contributed by atoms with E-state index in [0.717, 1.165) is 31.3 Å². The largest absolute Gasteiger partial charge is 0.370 e. The van der Waals surface area contributed by atoms with Crippen molar-refractivity contribution in [3.8, 4) is 0 Å². The van der Waals surface area contributed by atoms with Crippen LogP contribution in [0.2, 0.25) is 0 Å². The molecule has 0 spiro atoms. The summed E-state index contributed by atoms with van der Waals surface area (Å²) in [5.74, 6) is 0.453. The highest BCUT2D eigenvalue weighted by atomic mass is 79.9. The lowest BCUT2D eigenvalue weighted by Crippen LogP contribution is -2.31. The standard InChI is InChI=1S/C20H19BrN2O2S3/c1-20(2)8-13-15(9-25-20)28-18-16(13)17(22-19(23-18)26-3)27-10-14(24)11-4-6-12(21)7-5-11/h4-7H,8-10H2,1-3H3. The van der Waals surface area contributed by atoms with Gasteiger partial charge in [0, 0.05) is 26.7 Å². The Morgan fingerprint density at radius 2 is 2.04 bits per heavy atom. The monoisotopic (exact) mass is 494 g/mol. The molecule has 0 atom stereocenters. The maximum absolute atomic E-state index is 12.6. The van der Waals surface area contributed by atoms with E-state index in [1.807, 2.05) is 30.5 Å². The average molecular weight is 495 g/mol. The van der Waals surface area contributed by atoms with Gasteiger partial charge in [-0.25, -0.2) is 9.97 Å². The van der Waals surface area contributed by atoms with Gasteiger partial charge in [-0.15, -0.1) is 11.3 Å². The number of thiophene rings is 1. The lowest BCUT2D eigenvalue weighted by molar-refractivity contribution is -0.0379. The Labute approximate surface area is 185 Å². The molecule has 0 amide bonds. The van der Waals surface area contributed by atoms with E-state index in [-0.39, 0.29) is 11.4 Å². The zero-order valence-corrected chi connectivity index (χ0v) is 19.8. The minimum Gasteiger partial charge on any atom is -0.370 e. The molecule has 0 bridgehead atoms. The van der Waals surface area contributed by atoms with Crippen LogP contribution < -0.4 is 0 Å². The molecular weight excluding hydrogens is 476 g/mol. The van der Waals surface area contributed by atoms with Crippen molar-refractivity contribution >= 4 is 66.8 Å². The van der Waals surface area contributed by atoms with Gasteiger partial charge in [-0.3, -0.25) is 4.79 Å². The molecule has 0 saturated heterocycles. The van der Waals surface area contributed by atoms with Crippen LogP contribution in [0.3, 0.4) is 0 Å². The molecule has 2 aromatic heterocycles. The zero-order chi connectivity index (χ0) is 19.9. The highest BCUT2D eigenvalue weighted by Gasteiger charge is 2.31. The number of carbonyl (C=O) groups is 1. The molecule has 28 heavy (non-hydrogen) atoms. The van der Waals surface area contributed by atoms with Gasteiger partial charge in [0.25, 0.3) is 0 Å². The Morgan fingerprint density at radius 1 is 1.29 bits per heavy atom. The molecule has 0 saturated carbocycles. The van der Waals surface area contributed by atoms with Crippen molar-refractivity contribution in [3.05, 3.63) is 44.7 Å². The smallest absolute Gasteiger partial charge is 0.189 e. The Hall–Kier alpha value is -0.930. The molecule has 0 aliphatic carbocycles. The van der Waals surface area contributed by atoms with Gasteiger partial charge in [0.15, 0.2) is 10.9 Å². The van der Waals surface area contributed by atoms with E-state index >= 15 is 0 Å². The Morgan fingerprint density at radius 3 is 2.75 bits per heavy atom. The van der Waals surface area contributed by atoms with Crippen molar-refractivity contribution in [2.24, 2.45) is 0 Å². The summed E-state index contributed by atoms with van der Waals surface area (Å²) >= 11 is 8.12. The Bertz CT molecular complexity index is 1050. The number of aromatic nitrogens is 2. The number of benzene rings is 1. The second-order valence-electron chi connectivity index (χ2n) is 7.14. The van der Waals surface area contributed by atoms with E-state index < -0.39 is 0 Å². The number of fused-ring (bicyclic) bond motifs is 3. The lowest BCUT2D eigenvalue weighted by Gasteiger charge is -2.30. The molecule has 0 radical (unpaired) electrons. The number of halogens is 1. The topological polar surface area (TPSA) is 52.1 Å². The highest BCUT2D eigenvalue weighted by Crippen LogP contribution is 2.42. The molecule has 3 aromatic rings. The SMILES string of the molecule is CSc1nc(SCC(=O)c2ccc(Br)cc2)c2c3c(sc2n1)COC(C)(C)C3. The molecule has 4 nitrogen and oxygen atoms in total. The lowest BCUT2D eigenvalue weighted by atomic mass is 9.95. The van der Waals surface area contributed by atoms with Crippen molar-refractivity contribution in [2.45, 2.75) is 42.7 Å². The van der Waals surface area contributed by atoms with Crippen molar-refractivity contribution in [2.75, 3.05) is 12.0 Å². The number of carbonyl (C=O) groups excluding carboxylic acids is 1. The fourth-order valence-electron chi connectivity index (χ4n) is 3.14. The van der Waals surface area contributed by atoms with E-state index in [4.69, 9.17) is 14.7 Å². The number of ketones is 1. The summed E-state index contributed by atoms with van der Waals surface area (Å²) in [6.45, 7) is 4.83. The van der Waals surface area contributed by atoms with Gasteiger partial charge in [0.2, 0.25) is 0 Å². The normalized spacial score (nSPS) is 15.6. The third-order valence-electron chi connectivity index (χ3n) is 4.57. The number of rotatable bonds is 5. The maximum Gasteiger partial charge on any atom is 0.189 e. The fourth-order valence-corrected chi connectivity index (χ4v) is 6.00. The van der Waals surface area contributed by atoms with E-state index in [9.17, 15) is 4.79 Å². The molecule has 1 aliphatic heterocycles. The van der Waals surface area contributed by atoms with Gasteiger partial charge in [-0.05, 0) is 37.8 Å². The summed E-state index contributed by atoms with van der Waals surface area (Å²) in [6, 6.07) is 7.48. The van der Waals surface area contributed by atoms with Gasteiger partial charge < -0.3 is 4.74 Å².